The summed E-state index contributed by atoms with van der Waals surface area (Å²) >= 11 is 0. The second kappa shape index (κ2) is 6.16. The molecule has 5 nitrogen and oxygen atoms in total. The van der Waals surface area contributed by atoms with Gasteiger partial charge in [0.05, 0.1) is 5.52 Å². The van der Waals surface area contributed by atoms with Crippen molar-refractivity contribution in [1.29, 1.82) is 0 Å². The third-order valence-electron chi connectivity index (χ3n) is 4.88. The first kappa shape index (κ1) is 15.6. The van der Waals surface area contributed by atoms with Crippen LogP contribution >= 0.6 is 0 Å². The summed E-state index contributed by atoms with van der Waals surface area (Å²) in [7, 11) is 0. The van der Waals surface area contributed by atoms with E-state index < -0.39 is 0 Å². The number of hydrogen-bond donors (Lipinski definition) is 2. The Bertz CT molecular complexity index is 970. The number of aromatic nitrogens is 2. The lowest BCUT2D eigenvalue weighted by Crippen LogP contribution is -2.28. The van der Waals surface area contributed by atoms with E-state index in [9.17, 15) is 9.59 Å². The van der Waals surface area contributed by atoms with Crippen LogP contribution in [0.1, 0.15) is 36.5 Å². The van der Waals surface area contributed by atoms with Crippen molar-refractivity contribution in [2.45, 2.75) is 26.2 Å². The highest BCUT2D eigenvalue weighted by molar-refractivity contribution is 6.02. The molecule has 5 heteroatoms. The molecule has 1 aliphatic rings. The van der Waals surface area contributed by atoms with Crippen LogP contribution < -0.4 is 5.32 Å². The van der Waals surface area contributed by atoms with Crippen molar-refractivity contribution in [3.05, 3.63) is 48.0 Å². The number of Topliss-reactive ketones (excluding diaryl/α,β-unsaturated/α-hetero) is 1. The van der Waals surface area contributed by atoms with E-state index in [0.717, 1.165) is 41.3 Å². The van der Waals surface area contributed by atoms with Crippen molar-refractivity contribution < 1.29 is 9.59 Å². The van der Waals surface area contributed by atoms with Gasteiger partial charge in [-0.1, -0.05) is 30.7 Å². The molecule has 1 aromatic heterocycles. The van der Waals surface area contributed by atoms with Crippen molar-refractivity contribution in [2.24, 2.45) is 5.92 Å². The summed E-state index contributed by atoms with van der Waals surface area (Å²) in [4.78, 5) is 23.7. The monoisotopic (exact) mass is 333 g/mol. The Hall–Kier alpha value is -2.95. The SMILES string of the molecule is CC(=O)c1cccc(-c2ccc3c(NC(=O)C4CCC4)n[nH]c3c2)c1. The molecule has 2 N–H and O–H groups in total. The minimum absolute atomic E-state index is 0.0467. The summed E-state index contributed by atoms with van der Waals surface area (Å²) in [5, 5.41) is 11.0. The van der Waals surface area contributed by atoms with E-state index in [1.807, 2.05) is 42.5 Å². The number of benzene rings is 2. The molecule has 0 aliphatic heterocycles. The number of ketones is 1. The second-order valence-electron chi connectivity index (χ2n) is 6.59. The van der Waals surface area contributed by atoms with Crippen LogP contribution in [0.15, 0.2) is 42.5 Å². The van der Waals surface area contributed by atoms with E-state index in [1.165, 1.54) is 0 Å². The molecule has 1 aliphatic carbocycles. The fraction of sp³-hybridized carbons (Fsp3) is 0.250. The molecule has 3 aromatic rings. The van der Waals surface area contributed by atoms with Gasteiger partial charge in [-0.3, -0.25) is 14.7 Å². The number of nitrogens with one attached hydrogen (secondary N) is 2. The number of carbonyl (C=O) groups excluding carboxylic acids is 2. The standard InChI is InChI=1S/C20H19N3O2/c1-12(24)14-6-3-7-15(10-14)16-8-9-17-18(11-16)22-23-19(17)21-20(25)13-4-2-5-13/h3,6-11,13H,2,4-5H2,1H3,(H2,21,22,23,25). The minimum Gasteiger partial charge on any atom is -0.308 e. The molecule has 1 saturated carbocycles. The van der Waals surface area contributed by atoms with Crippen molar-refractivity contribution in [3.63, 3.8) is 0 Å². The first-order chi connectivity index (χ1) is 12.1. The molecule has 0 radical (unpaired) electrons. The van der Waals surface area contributed by atoms with E-state index in [0.29, 0.717) is 11.4 Å². The highest BCUT2D eigenvalue weighted by Gasteiger charge is 2.26. The van der Waals surface area contributed by atoms with Crippen LogP contribution in [0.25, 0.3) is 22.0 Å². The van der Waals surface area contributed by atoms with Gasteiger partial charge in [-0.15, -0.1) is 0 Å². The van der Waals surface area contributed by atoms with Crippen LogP contribution in [0.5, 0.6) is 0 Å². The van der Waals surface area contributed by atoms with Crippen molar-refractivity contribution >= 4 is 28.4 Å². The molecular weight excluding hydrogens is 314 g/mol. The first-order valence-corrected chi connectivity index (χ1v) is 8.52. The number of hydrogen-bond acceptors (Lipinski definition) is 3. The average Bonchev–Trinajstić information content (AvgIpc) is 2.95. The molecule has 25 heavy (non-hydrogen) atoms. The number of anilines is 1. The van der Waals surface area contributed by atoms with E-state index in [4.69, 9.17) is 0 Å². The number of aromatic amines is 1. The lowest BCUT2D eigenvalue weighted by Gasteiger charge is -2.23. The zero-order valence-corrected chi connectivity index (χ0v) is 14.0. The maximum Gasteiger partial charge on any atom is 0.228 e. The number of rotatable bonds is 4. The Labute approximate surface area is 145 Å². The van der Waals surface area contributed by atoms with E-state index in [2.05, 4.69) is 15.5 Å². The summed E-state index contributed by atoms with van der Waals surface area (Å²) in [6.07, 6.45) is 3.05. The summed E-state index contributed by atoms with van der Waals surface area (Å²) in [6.45, 7) is 1.56. The zero-order valence-electron chi connectivity index (χ0n) is 14.0. The van der Waals surface area contributed by atoms with Gasteiger partial charge in [-0.05, 0) is 49.1 Å². The van der Waals surface area contributed by atoms with Gasteiger partial charge in [0.25, 0.3) is 0 Å². The molecule has 126 valence electrons. The number of fused-ring (bicyclic) bond motifs is 1. The van der Waals surface area contributed by atoms with Gasteiger partial charge < -0.3 is 5.32 Å². The summed E-state index contributed by atoms with van der Waals surface area (Å²) in [5.74, 6) is 0.805. The molecule has 1 fully saturated rings. The fourth-order valence-electron chi connectivity index (χ4n) is 3.10. The van der Waals surface area contributed by atoms with Crippen LogP contribution in [0.2, 0.25) is 0 Å². The number of carbonyl (C=O) groups is 2. The average molecular weight is 333 g/mol. The molecule has 0 bridgehead atoms. The quantitative estimate of drug-likeness (QED) is 0.704. The lowest BCUT2D eigenvalue weighted by atomic mass is 9.85. The van der Waals surface area contributed by atoms with Gasteiger partial charge in [-0.25, -0.2) is 0 Å². The van der Waals surface area contributed by atoms with E-state index >= 15 is 0 Å². The van der Waals surface area contributed by atoms with Crippen molar-refractivity contribution in [2.75, 3.05) is 5.32 Å². The van der Waals surface area contributed by atoms with Gasteiger partial charge in [-0.2, -0.15) is 5.10 Å². The summed E-state index contributed by atoms with van der Waals surface area (Å²) in [5.41, 5.74) is 3.52. The molecule has 4 rings (SSSR count). The first-order valence-electron chi connectivity index (χ1n) is 8.52. The Balaban J connectivity index is 1.64. The van der Waals surface area contributed by atoms with Gasteiger partial charge in [0.2, 0.25) is 5.91 Å². The van der Waals surface area contributed by atoms with Crippen LogP contribution in [-0.4, -0.2) is 21.9 Å². The fourth-order valence-corrected chi connectivity index (χ4v) is 3.10. The predicted octanol–water partition coefficient (Wildman–Crippen LogP) is 4.17. The Kier molecular flexibility index (Phi) is 3.84. The topological polar surface area (TPSA) is 74.8 Å². The van der Waals surface area contributed by atoms with Gasteiger partial charge in [0, 0.05) is 16.9 Å². The Morgan fingerprint density at radius 2 is 1.92 bits per heavy atom. The van der Waals surface area contributed by atoms with Gasteiger partial charge in [0.15, 0.2) is 11.6 Å². The second-order valence-corrected chi connectivity index (χ2v) is 6.59. The normalized spacial score (nSPS) is 14.3. The third kappa shape index (κ3) is 2.93. The molecule has 0 spiro atoms. The van der Waals surface area contributed by atoms with Crippen LogP contribution in [0.4, 0.5) is 5.82 Å². The molecule has 0 saturated heterocycles. The largest absolute Gasteiger partial charge is 0.308 e. The van der Waals surface area contributed by atoms with Crippen LogP contribution in [0, 0.1) is 5.92 Å². The highest BCUT2D eigenvalue weighted by Crippen LogP contribution is 2.30. The molecule has 1 amide bonds. The van der Waals surface area contributed by atoms with Crippen LogP contribution in [0.3, 0.4) is 0 Å². The molecule has 2 aromatic carbocycles. The van der Waals surface area contributed by atoms with Crippen molar-refractivity contribution in [1.82, 2.24) is 10.2 Å². The summed E-state index contributed by atoms with van der Waals surface area (Å²) < 4.78 is 0. The predicted molar refractivity (Wildman–Crippen MR) is 97.5 cm³/mol. The number of H-pyrrole nitrogens is 1. The van der Waals surface area contributed by atoms with E-state index in [1.54, 1.807) is 6.92 Å². The van der Waals surface area contributed by atoms with Crippen molar-refractivity contribution in [3.8, 4) is 11.1 Å². The smallest absolute Gasteiger partial charge is 0.228 e. The maximum atomic E-state index is 12.1. The Morgan fingerprint density at radius 3 is 2.64 bits per heavy atom. The lowest BCUT2D eigenvalue weighted by molar-refractivity contribution is -0.122. The molecule has 1 heterocycles. The Morgan fingerprint density at radius 1 is 1.12 bits per heavy atom. The molecule has 0 atom stereocenters. The van der Waals surface area contributed by atoms with Crippen LogP contribution in [-0.2, 0) is 4.79 Å². The molecule has 0 unspecified atom stereocenters. The van der Waals surface area contributed by atoms with E-state index in [-0.39, 0.29) is 17.6 Å². The maximum absolute atomic E-state index is 12.1. The zero-order chi connectivity index (χ0) is 17.4. The number of amides is 1. The molecular formula is C20H19N3O2. The highest BCUT2D eigenvalue weighted by atomic mass is 16.2. The minimum atomic E-state index is 0.0467. The number of nitrogens with zero attached hydrogens (tertiary/aromatic N) is 1. The summed E-state index contributed by atoms with van der Waals surface area (Å²) in [6, 6.07) is 13.5. The van der Waals surface area contributed by atoms with Gasteiger partial charge in [0.1, 0.15) is 0 Å². The third-order valence-corrected chi connectivity index (χ3v) is 4.88. The van der Waals surface area contributed by atoms with Gasteiger partial charge >= 0.3 is 0 Å².